The van der Waals surface area contributed by atoms with Gasteiger partial charge in [0.05, 0.1) is 17.6 Å². The summed E-state index contributed by atoms with van der Waals surface area (Å²) < 4.78 is 43.8. The van der Waals surface area contributed by atoms with Crippen molar-refractivity contribution >= 4 is 34.0 Å². The number of phenolic OH excluding ortho intramolecular Hbond substituents is 1. The zero-order valence-corrected chi connectivity index (χ0v) is 49.3. The van der Waals surface area contributed by atoms with E-state index in [1.807, 2.05) is 137 Å². The van der Waals surface area contributed by atoms with Crippen LogP contribution < -0.4 is 34.8 Å². The van der Waals surface area contributed by atoms with E-state index in [2.05, 4.69) is 9.80 Å². The van der Waals surface area contributed by atoms with Gasteiger partial charge < -0.3 is 67.0 Å². The van der Waals surface area contributed by atoms with Crippen molar-refractivity contribution in [3.63, 3.8) is 0 Å². The zero-order chi connectivity index (χ0) is 58.3. The van der Waals surface area contributed by atoms with Gasteiger partial charge in [-0.15, -0.1) is 0 Å². The fraction of sp³-hybridized carbons (Fsp3) is 0.500. The minimum Gasteiger partial charge on any atom is -0.508 e. The molecule has 2 fully saturated rings. The second-order valence-electron chi connectivity index (χ2n) is 23.8. The van der Waals surface area contributed by atoms with E-state index in [1.165, 1.54) is 0 Å². The minimum atomic E-state index is -0.596. The Morgan fingerprint density at radius 1 is 0.549 bits per heavy atom. The highest BCUT2D eigenvalue weighted by Crippen LogP contribution is 2.34. The van der Waals surface area contributed by atoms with Crippen LogP contribution in [0.2, 0.25) is 0 Å². The Labute approximate surface area is 480 Å². The first kappa shape index (κ1) is 59.2. The van der Waals surface area contributed by atoms with Gasteiger partial charge in [-0.3, -0.25) is 9.59 Å². The number of hydrogen-bond acceptors (Lipinski definition) is 14. The summed E-state index contributed by atoms with van der Waals surface area (Å²) in [5, 5.41) is 12.1. The third-order valence-corrected chi connectivity index (χ3v) is 15.4. The Hall–Kier alpha value is -7.44. The first-order valence-corrected chi connectivity index (χ1v) is 29.0. The van der Waals surface area contributed by atoms with Crippen LogP contribution in [0.25, 0.3) is 21.8 Å². The summed E-state index contributed by atoms with van der Waals surface area (Å²) in [6.45, 7) is 26.5. The number of ether oxygens (including phenoxy) is 7. The number of nitrogens with zero attached hydrogens (tertiary/aromatic N) is 6. The van der Waals surface area contributed by atoms with Crippen molar-refractivity contribution in [2.24, 2.45) is 0 Å². The summed E-state index contributed by atoms with van der Waals surface area (Å²) in [4.78, 5) is 61.0. The van der Waals surface area contributed by atoms with E-state index in [-0.39, 0.29) is 41.1 Å². The molecule has 440 valence electrons. The number of fused-ring (bicyclic) bond motifs is 4. The molecular formula is C64H82N6O12. The highest BCUT2D eigenvalue weighted by Gasteiger charge is 2.34. The van der Waals surface area contributed by atoms with Crippen LogP contribution in [0, 0.1) is 13.8 Å². The molecule has 0 unspecified atom stereocenters. The number of carbonyl (C=O) groups is 2. The predicted octanol–water partition coefficient (Wildman–Crippen LogP) is 10.1. The van der Waals surface area contributed by atoms with Gasteiger partial charge in [-0.25, -0.2) is 9.59 Å². The Morgan fingerprint density at radius 3 is 1.39 bits per heavy atom. The van der Waals surface area contributed by atoms with Crippen LogP contribution in [0.3, 0.4) is 0 Å². The molecule has 0 radical (unpaired) electrons. The quantitative estimate of drug-likeness (QED) is 0.109. The molecule has 0 atom stereocenters. The van der Waals surface area contributed by atoms with E-state index < -0.39 is 11.2 Å². The lowest BCUT2D eigenvalue weighted by Crippen LogP contribution is -2.49. The highest BCUT2D eigenvalue weighted by atomic mass is 16.6. The van der Waals surface area contributed by atoms with Crippen molar-refractivity contribution in [1.29, 1.82) is 0 Å². The molecule has 4 aromatic carbocycles. The second kappa shape index (κ2) is 25.8. The Morgan fingerprint density at radius 2 is 0.963 bits per heavy atom. The number of aryl methyl sites for hydroxylation is 2. The molecule has 0 saturated carbocycles. The highest BCUT2D eigenvalue weighted by molar-refractivity contribution is 5.84. The average Bonchev–Trinajstić information content (AvgIpc) is 3.64. The summed E-state index contributed by atoms with van der Waals surface area (Å²) in [7, 11) is 0. The van der Waals surface area contributed by atoms with Crippen LogP contribution >= 0.6 is 0 Å². The smallest absolute Gasteiger partial charge is 0.410 e. The Balaban J connectivity index is 0.000000198. The van der Waals surface area contributed by atoms with E-state index in [0.29, 0.717) is 77.3 Å². The van der Waals surface area contributed by atoms with Gasteiger partial charge in [0.1, 0.15) is 49.1 Å². The molecule has 1 N–H and O–H groups in total. The molecule has 6 aromatic rings. The number of piperidine rings is 2. The van der Waals surface area contributed by atoms with Crippen LogP contribution in [0.5, 0.6) is 34.5 Å². The molecule has 2 amide bonds. The van der Waals surface area contributed by atoms with Crippen molar-refractivity contribution in [1.82, 2.24) is 28.7 Å². The van der Waals surface area contributed by atoms with Crippen LogP contribution in [0.1, 0.15) is 96.4 Å². The van der Waals surface area contributed by atoms with Crippen molar-refractivity contribution in [3.8, 4) is 34.5 Å². The van der Waals surface area contributed by atoms with Crippen LogP contribution in [0.15, 0.2) is 94.5 Å². The molecule has 2 aromatic heterocycles. The van der Waals surface area contributed by atoms with E-state index in [0.717, 1.165) is 120 Å². The minimum absolute atomic E-state index is 0.000866. The molecule has 0 bridgehead atoms. The molecule has 4 aliphatic rings. The van der Waals surface area contributed by atoms with Crippen LogP contribution in [0.4, 0.5) is 9.59 Å². The number of carbonyl (C=O) groups excluding carboxylic acids is 2. The molecule has 0 spiro atoms. The van der Waals surface area contributed by atoms with Crippen LogP contribution in [-0.2, 0) is 35.7 Å². The topological polar surface area (TPSA) is 176 Å². The number of rotatable bonds is 14. The van der Waals surface area contributed by atoms with Gasteiger partial charge in [-0.2, -0.15) is 0 Å². The zero-order valence-electron chi connectivity index (χ0n) is 49.3. The van der Waals surface area contributed by atoms with Crippen molar-refractivity contribution in [2.45, 2.75) is 137 Å². The fourth-order valence-electron chi connectivity index (χ4n) is 11.3. The first-order chi connectivity index (χ1) is 39.2. The monoisotopic (exact) mass is 1130 g/mol. The molecule has 4 aliphatic heterocycles. The summed E-state index contributed by atoms with van der Waals surface area (Å²) in [5.41, 5.74) is 4.20. The van der Waals surface area contributed by atoms with Gasteiger partial charge in [-0.1, -0.05) is 12.1 Å². The molecule has 6 heterocycles. The predicted molar refractivity (Wildman–Crippen MR) is 316 cm³/mol. The maximum Gasteiger partial charge on any atom is 0.410 e. The van der Waals surface area contributed by atoms with Crippen molar-refractivity contribution < 1.29 is 47.9 Å². The Kier molecular flexibility index (Phi) is 18.6. The third kappa shape index (κ3) is 15.0. The normalized spacial score (nSPS) is 16.1. The summed E-state index contributed by atoms with van der Waals surface area (Å²) >= 11 is 0. The van der Waals surface area contributed by atoms with Crippen LogP contribution in [-0.4, -0.2) is 142 Å². The molecule has 82 heavy (non-hydrogen) atoms. The Bertz CT molecular complexity index is 3350. The van der Waals surface area contributed by atoms with E-state index >= 15 is 0 Å². The number of amides is 2. The van der Waals surface area contributed by atoms with E-state index in [1.54, 1.807) is 28.8 Å². The van der Waals surface area contributed by atoms with Crippen molar-refractivity contribution in [3.05, 3.63) is 128 Å². The molecule has 10 rings (SSSR count). The SMILES string of the molecule is CCOc1ccc2c(C)cc(=O)n(CCN3CCC(N(Cc4ccc5c(c4)OCCO5)C(=O)OC(C)(C)C)CC3)c2c1.Cc1cc(=O)n(CCN2CCC(N(Cc3ccc4c(c3)OCCO4)C(=O)OC(C)(C)C)CC2)c2cc(O)ccc12. The lowest BCUT2D eigenvalue weighted by molar-refractivity contribution is 0.00468. The number of pyridine rings is 2. The van der Waals surface area contributed by atoms with Gasteiger partial charge in [0.15, 0.2) is 23.0 Å². The molecular weight excluding hydrogens is 1040 g/mol. The number of likely N-dealkylation sites (tertiary alicyclic amines) is 2. The lowest BCUT2D eigenvalue weighted by Gasteiger charge is -2.39. The van der Waals surface area contributed by atoms with Gasteiger partial charge in [0.2, 0.25) is 0 Å². The number of aromatic nitrogens is 2. The summed E-state index contributed by atoms with van der Waals surface area (Å²) in [6.07, 6.45) is 2.61. The molecule has 18 heteroatoms. The van der Waals surface area contributed by atoms with Gasteiger partial charge in [0.25, 0.3) is 11.1 Å². The maximum atomic E-state index is 13.4. The molecule has 0 aliphatic carbocycles. The number of aromatic hydroxyl groups is 1. The molecule has 2 saturated heterocycles. The fourth-order valence-corrected chi connectivity index (χ4v) is 11.3. The number of benzene rings is 4. The first-order valence-electron chi connectivity index (χ1n) is 29.0. The number of hydrogen-bond donors (Lipinski definition) is 1. The molecule has 18 nitrogen and oxygen atoms in total. The second-order valence-corrected chi connectivity index (χ2v) is 23.8. The van der Waals surface area contributed by atoms with E-state index in [9.17, 15) is 24.3 Å². The average molecular weight is 1130 g/mol. The van der Waals surface area contributed by atoms with E-state index in [4.69, 9.17) is 33.2 Å². The standard InChI is InChI=1S/C33H43N3O6.C31H39N3O6/c1-6-39-26-8-9-27-23(2)19-31(37)35(28(27)21-26)16-15-34-13-11-25(12-14-34)36(32(38)42-33(3,4)5)22-24-7-10-29-30(20-24)41-18-17-40-29;1-21-17-29(36)33(26-19-24(35)6-7-25(21)26)14-13-32-11-9-23(10-12-32)34(30(37)40-31(2,3)4)20-22-5-8-27-28(18-22)39-16-15-38-27/h7-10,19-21,25H,6,11-18,22H2,1-5H3;5-8,17-19,23,35H,9-16,20H2,1-4H3. The summed E-state index contributed by atoms with van der Waals surface area (Å²) in [6, 6.07) is 26.2. The lowest BCUT2D eigenvalue weighted by atomic mass is 10.0. The van der Waals surface area contributed by atoms with Gasteiger partial charge in [0, 0.05) is 113 Å². The van der Waals surface area contributed by atoms with Crippen molar-refractivity contribution in [2.75, 3.05) is 72.3 Å². The largest absolute Gasteiger partial charge is 0.508 e. The van der Waals surface area contributed by atoms with Gasteiger partial charge in [-0.05, 0) is 159 Å². The summed E-state index contributed by atoms with van der Waals surface area (Å²) in [5.74, 6) is 3.79. The van der Waals surface area contributed by atoms with Gasteiger partial charge >= 0.3 is 12.2 Å². The maximum absolute atomic E-state index is 13.4. The third-order valence-electron chi connectivity index (χ3n) is 15.4. The number of phenols is 1.